The number of rotatable bonds is 5. The molecule has 1 aliphatic heterocycles. The van der Waals surface area contributed by atoms with Crippen molar-refractivity contribution in [1.29, 1.82) is 0 Å². The first-order valence-corrected chi connectivity index (χ1v) is 9.95. The van der Waals surface area contributed by atoms with Crippen molar-refractivity contribution in [3.8, 4) is 5.75 Å². The maximum Gasteiger partial charge on any atom is 0.410 e. The standard InChI is InChI=1S/C16H23N3O8S/c1-16(2,3)27-15(20)18-6-7-25-11(9-18)10-26-14-5-4-12(28(17,23)24)8-13(14)19(21)22/h4-5,8,11H,6-7,9-10H2,1-3H3,(H2,17,23,24)/t11-/m1/s1. The summed E-state index contributed by atoms with van der Waals surface area (Å²) in [5.41, 5.74) is -1.17. The molecule has 1 saturated heterocycles. The molecule has 156 valence electrons. The fourth-order valence-electron chi connectivity index (χ4n) is 2.43. The zero-order valence-electron chi connectivity index (χ0n) is 15.8. The van der Waals surface area contributed by atoms with Gasteiger partial charge in [-0.25, -0.2) is 18.4 Å². The molecular weight excluding hydrogens is 394 g/mol. The molecule has 1 heterocycles. The summed E-state index contributed by atoms with van der Waals surface area (Å²) in [5, 5.41) is 16.2. The number of ether oxygens (including phenoxy) is 3. The highest BCUT2D eigenvalue weighted by Gasteiger charge is 2.29. The van der Waals surface area contributed by atoms with Crippen LogP contribution in [0.3, 0.4) is 0 Å². The van der Waals surface area contributed by atoms with Crippen molar-refractivity contribution in [1.82, 2.24) is 4.90 Å². The summed E-state index contributed by atoms with van der Waals surface area (Å²) in [7, 11) is -4.09. The topological polar surface area (TPSA) is 151 Å². The molecule has 28 heavy (non-hydrogen) atoms. The normalized spacial score (nSPS) is 17.9. The van der Waals surface area contributed by atoms with E-state index in [9.17, 15) is 23.3 Å². The van der Waals surface area contributed by atoms with Crippen LogP contribution in [0.25, 0.3) is 0 Å². The molecule has 2 rings (SSSR count). The second kappa shape index (κ2) is 8.29. The average Bonchev–Trinajstić information content (AvgIpc) is 2.57. The van der Waals surface area contributed by atoms with Crippen molar-refractivity contribution in [2.45, 2.75) is 37.4 Å². The maximum atomic E-state index is 12.2. The molecule has 2 N–H and O–H groups in total. The minimum absolute atomic E-state index is 0.0745. The van der Waals surface area contributed by atoms with Crippen LogP contribution in [0.2, 0.25) is 0 Å². The van der Waals surface area contributed by atoms with Crippen LogP contribution in [0, 0.1) is 10.1 Å². The second-order valence-corrected chi connectivity index (χ2v) is 8.72. The molecule has 0 aromatic heterocycles. The van der Waals surface area contributed by atoms with Gasteiger partial charge in [0, 0.05) is 12.6 Å². The zero-order chi connectivity index (χ0) is 21.1. The van der Waals surface area contributed by atoms with Gasteiger partial charge in [0.2, 0.25) is 10.0 Å². The molecule has 1 amide bonds. The van der Waals surface area contributed by atoms with Crippen LogP contribution < -0.4 is 9.88 Å². The number of nitro benzene ring substituents is 1. The smallest absolute Gasteiger partial charge is 0.410 e. The first kappa shape index (κ1) is 21.9. The lowest BCUT2D eigenvalue weighted by Crippen LogP contribution is -2.49. The van der Waals surface area contributed by atoms with Crippen molar-refractivity contribution in [3.63, 3.8) is 0 Å². The van der Waals surface area contributed by atoms with Crippen LogP contribution in [0.15, 0.2) is 23.1 Å². The van der Waals surface area contributed by atoms with E-state index in [0.717, 1.165) is 18.2 Å². The summed E-state index contributed by atoms with van der Waals surface area (Å²) >= 11 is 0. The van der Waals surface area contributed by atoms with E-state index >= 15 is 0 Å². The number of sulfonamides is 1. The number of amides is 1. The Hall–Kier alpha value is -2.44. The number of nitrogens with zero attached hydrogens (tertiary/aromatic N) is 2. The first-order valence-electron chi connectivity index (χ1n) is 8.40. The van der Waals surface area contributed by atoms with E-state index in [4.69, 9.17) is 19.3 Å². The van der Waals surface area contributed by atoms with Gasteiger partial charge in [-0.2, -0.15) is 0 Å². The van der Waals surface area contributed by atoms with E-state index in [-0.39, 0.29) is 25.5 Å². The highest BCUT2D eigenvalue weighted by Crippen LogP contribution is 2.29. The number of nitrogens with two attached hydrogens (primary N) is 1. The SMILES string of the molecule is CC(C)(C)OC(=O)N1CCO[C@@H](COc2ccc(S(N)(=O)=O)cc2[N+](=O)[O-])C1. The van der Waals surface area contributed by atoms with Gasteiger partial charge in [-0.3, -0.25) is 10.1 Å². The van der Waals surface area contributed by atoms with Crippen molar-refractivity contribution in [2.75, 3.05) is 26.3 Å². The Bertz CT molecular complexity index is 850. The Morgan fingerprint density at radius 2 is 2.11 bits per heavy atom. The average molecular weight is 417 g/mol. The van der Waals surface area contributed by atoms with Crippen LogP contribution in [0.5, 0.6) is 5.75 Å². The molecule has 0 bridgehead atoms. The number of carbonyl (C=O) groups excluding carboxylic acids is 1. The van der Waals surface area contributed by atoms with E-state index < -0.39 is 43.3 Å². The predicted octanol–water partition coefficient (Wildman–Crippen LogP) is 1.26. The summed E-state index contributed by atoms with van der Waals surface area (Å²) in [6.07, 6.45) is -1.01. The minimum Gasteiger partial charge on any atom is -0.484 e. The van der Waals surface area contributed by atoms with Gasteiger partial charge in [-0.15, -0.1) is 0 Å². The van der Waals surface area contributed by atoms with Crippen molar-refractivity contribution < 1.29 is 32.3 Å². The number of morpholine rings is 1. The number of nitro groups is 1. The van der Waals surface area contributed by atoms with Gasteiger partial charge in [-0.05, 0) is 32.9 Å². The number of hydrogen-bond donors (Lipinski definition) is 1. The Morgan fingerprint density at radius 1 is 1.43 bits per heavy atom. The maximum absolute atomic E-state index is 12.2. The van der Waals surface area contributed by atoms with E-state index in [0.29, 0.717) is 6.54 Å². The first-order chi connectivity index (χ1) is 12.9. The molecule has 12 heteroatoms. The van der Waals surface area contributed by atoms with Gasteiger partial charge >= 0.3 is 11.8 Å². The Kier molecular flexibility index (Phi) is 6.47. The Morgan fingerprint density at radius 3 is 2.68 bits per heavy atom. The highest BCUT2D eigenvalue weighted by molar-refractivity contribution is 7.89. The molecule has 1 aromatic rings. The van der Waals surface area contributed by atoms with Crippen LogP contribution in [0.4, 0.5) is 10.5 Å². The summed E-state index contributed by atoms with van der Waals surface area (Å²) in [4.78, 5) is 23.7. The number of carbonyl (C=O) groups is 1. The van der Waals surface area contributed by atoms with E-state index in [2.05, 4.69) is 0 Å². The van der Waals surface area contributed by atoms with Crippen LogP contribution in [0.1, 0.15) is 20.8 Å². The molecule has 0 aliphatic carbocycles. The zero-order valence-corrected chi connectivity index (χ0v) is 16.6. The van der Waals surface area contributed by atoms with E-state index in [1.165, 1.54) is 4.90 Å². The minimum atomic E-state index is -4.09. The van der Waals surface area contributed by atoms with Crippen molar-refractivity contribution >= 4 is 21.8 Å². The second-order valence-electron chi connectivity index (χ2n) is 7.16. The third-order valence-electron chi connectivity index (χ3n) is 3.67. The van der Waals surface area contributed by atoms with Crippen molar-refractivity contribution in [2.24, 2.45) is 5.14 Å². The highest BCUT2D eigenvalue weighted by atomic mass is 32.2. The van der Waals surface area contributed by atoms with Crippen molar-refractivity contribution in [3.05, 3.63) is 28.3 Å². The fourth-order valence-corrected chi connectivity index (χ4v) is 2.97. The number of benzene rings is 1. The van der Waals surface area contributed by atoms with Crippen LogP contribution in [-0.2, 0) is 19.5 Å². The Balaban J connectivity index is 2.05. The van der Waals surface area contributed by atoms with Crippen LogP contribution in [-0.4, -0.2) is 62.3 Å². The van der Waals surface area contributed by atoms with Gasteiger partial charge in [0.25, 0.3) is 0 Å². The van der Waals surface area contributed by atoms with E-state index in [1.54, 1.807) is 20.8 Å². The Labute approximate surface area is 162 Å². The number of primary sulfonamides is 1. The van der Waals surface area contributed by atoms with Gasteiger partial charge in [0.05, 0.1) is 23.0 Å². The lowest BCUT2D eigenvalue weighted by Gasteiger charge is -2.34. The van der Waals surface area contributed by atoms with Gasteiger partial charge in [0.15, 0.2) is 5.75 Å². The molecular formula is C16H23N3O8S. The molecule has 1 fully saturated rings. The number of hydrogen-bond acceptors (Lipinski definition) is 8. The largest absolute Gasteiger partial charge is 0.484 e. The van der Waals surface area contributed by atoms with Crippen LogP contribution >= 0.6 is 0 Å². The molecule has 0 saturated carbocycles. The molecule has 1 aromatic carbocycles. The lowest BCUT2D eigenvalue weighted by atomic mass is 10.2. The fraction of sp³-hybridized carbons (Fsp3) is 0.562. The molecule has 0 unspecified atom stereocenters. The van der Waals surface area contributed by atoms with Gasteiger partial charge in [-0.1, -0.05) is 0 Å². The molecule has 0 spiro atoms. The molecule has 1 aliphatic rings. The van der Waals surface area contributed by atoms with Gasteiger partial charge < -0.3 is 19.1 Å². The summed E-state index contributed by atoms with van der Waals surface area (Å²) in [5.74, 6) is -0.129. The summed E-state index contributed by atoms with van der Waals surface area (Å²) in [6, 6.07) is 3.11. The molecule has 11 nitrogen and oxygen atoms in total. The lowest BCUT2D eigenvalue weighted by molar-refractivity contribution is -0.386. The monoisotopic (exact) mass is 417 g/mol. The summed E-state index contributed by atoms with van der Waals surface area (Å²) in [6.45, 7) is 6.02. The third kappa shape index (κ3) is 6.04. The van der Waals surface area contributed by atoms with Gasteiger partial charge in [0.1, 0.15) is 18.3 Å². The quantitative estimate of drug-likeness (QED) is 0.555. The third-order valence-corrected chi connectivity index (χ3v) is 4.58. The summed E-state index contributed by atoms with van der Waals surface area (Å²) < 4.78 is 39.0. The molecule has 1 atom stereocenters. The predicted molar refractivity (Wildman–Crippen MR) is 97.5 cm³/mol. The molecule has 0 radical (unpaired) electrons. The van der Waals surface area contributed by atoms with E-state index in [1.807, 2.05) is 0 Å².